The first-order chi connectivity index (χ1) is 15.0. The zero-order valence-corrected chi connectivity index (χ0v) is 18.6. The summed E-state index contributed by atoms with van der Waals surface area (Å²) in [4.78, 5) is 26.2. The monoisotopic (exact) mass is 454 g/mol. The van der Waals surface area contributed by atoms with E-state index in [2.05, 4.69) is 10.6 Å². The smallest absolute Gasteiger partial charge is 0.262 e. The number of rotatable bonds is 8. The van der Waals surface area contributed by atoms with Crippen LogP contribution in [0.3, 0.4) is 0 Å². The summed E-state index contributed by atoms with van der Waals surface area (Å²) in [7, 11) is 1.72. The standard InChI is InChI=1S/C24H23ClN2O3S/c1-30-15-24(13-14-24)17-7-9-18(10-8-17)26-23(29)21(16-5-3-2-4-6-16)27-22(28)19-11-12-20(25)31-19/h2-12,21H,13-15H2,1H3,(H,26,29)(H,27,28). The molecule has 2 N–H and O–H groups in total. The average Bonchev–Trinajstić information content (AvgIpc) is 3.43. The highest BCUT2D eigenvalue weighted by molar-refractivity contribution is 7.18. The van der Waals surface area contributed by atoms with Crippen molar-refractivity contribution < 1.29 is 14.3 Å². The van der Waals surface area contributed by atoms with E-state index in [1.165, 1.54) is 16.9 Å². The van der Waals surface area contributed by atoms with E-state index in [9.17, 15) is 9.59 Å². The fourth-order valence-corrected chi connectivity index (χ4v) is 4.60. The maximum Gasteiger partial charge on any atom is 0.262 e. The molecule has 0 bridgehead atoms. The molecule has 1 aliphatic rings. The van der Waals surface area contributed by atoms with E-state index in [0.717, 1.165) is 12.8 Å². The second-order valence-corrected chi connectivity index (χ2v) is 9.42. The summed E-state index contributed by atoms with van der Waals surface area (Å²) in [5.74, 6) is -0.653. The number of methoxy groups -OCH3 is 1. The molecular weight excluding hydrogens is 432 g/mol. The van der Waals surface area contributed by atoms with Gasteiger partial charge in [-0.2, -0.15) is 0 Å². The number of anilines is 1. The Labute approximate surface area is 190 Å². The Balaban J connectivity index is 1.50. The highest BCUT2D eigenvalue weighted by Gasteiger charge is 2.44. The first-order valence-electron chi connectivity index (χ1n) is 10.0. The van der Waals surface area contributed by atoms with E-state index in [-0.39, 0.29) is 17.2 Å². The van der Waals surface area contributed by atoms with Crippen LogP contribution in [-0.2, 0) is 14.9 Å². The van der Waals surface area contributed by atoms with Crippen molar-refractivity contribution in [1.29, 1.82) is 0 Å². The number of hydrogen-bond donors (Lipinski definition) is 2. The Hall–Kier alpha value is -2.67. The molecule has 1 atom stereocenters. The third-order valence-electron chi connectivity index (χ3n) is 5.51. The quantitative estimate of drug-likeness (QED) is 0.492. The van der Waals surface area contributed by atoms with Gasteiger partial charge in [-0.3, -0.25) is 9.59 Å². The van der Waals surface area contributed by atoms with E-state index < -0.39 is 6.04 Å². The average molecular weight is 455 g/mol. The molecule has 1 fully saturated rings. The molecule has 1 unspecified atom stereocenters. The molecule has 0 saturated heterocycles. The summed E-state index contributed by atoms with van der Waals surface area (Å²) in [6.45, 7) is 0.702. The van der Waals surface area contributed by atoms with E-state index >= 15 is 0 Å². The first-order valence-corrected chi connectivity index (χ1v) is 11.2. The van der Waals surface area contributed by atoms with Gasteiger partial charge in [-0.1, -0.05) is 54.1 Å². The van der Waals surface area contributed by atoms with Crippen LogP contribution in [0.25, 0.3) is 0 Å². The summed E-state index contributed by atoms with van der Waals surface area (Å²) < 4.78 is 5.88. The maximum atomic E-state index is 13.1. The molecule has 0 radical (unpaired) electrons. The van der Waals surface area contributed by atoms with Crippen LogP contribution < -0.4 is 10.6 Å². The number of benzene rings is 2. The van der Waals surface area contributed by atoms with Gasteiger partial charge in [0.05, 0.1) is 15.8 Å². The molecule has 4 rings (SSSR count). The lowest BCUT2D eigenvalue weighted by Crippen LogP contribution is -2.36. The van der Waals surface area contributed by atoms with Crippen molar-refractivity contribution in [3.63, 3.8) is 0 Å². The number of ether oxygens (including phenoxy) is 1. The SMILES string of the molecule is COCC1(c2ccc(NC(=O)C(NC(=O)c3ccc(Cl)s3)c3ccccc3)cc2)CC1. The van der Waals surface area contributed by atoms with Crippen molar-refractivity contribution in [3.05, 3.63) is 87.1 Å². The number of thiophene rings is 1. The Morgan fingerprint density at radius 3 is 2.35 bits per heavy atom. The van der Waals surface area contributed by atoms with Crippen LogP contribution in [0.15, 0.2) is 66.7 Å². The van der Waals surface area contributed by atoms with E-state index in [1.54, 1.807) is 19.2 Å². The first kappa shape index (κ1) is 21.6. The van der Waals surface area contributed by atoms with E-state index in [4.69, 9.17) is 16.3 Å². The number of carbonyl (C=O) groups is 2. The van der Waals surface area contributed by atoms with E-state index in [0.29, 0.717) is 27.1 Å². The number of halogens is 1. The van der Waals surface area contributed by atoms with Crippen LogP contribution in [0.4, 0.5) is 5.69 Å². The Bertz CT molecular complexity index is 1060. The molecule has 2 aromatic carbocycles. The molecular formula is C24H23ClN2O3S. The summed E-state index contributed by atoms with van der Waals surface area (Å²) in [5, 5.41) is 5.76. The molecule has 0 aliphatic heterocycles. The topological polar surface area (TPSA) is 67.4 Å². The molecule has 7 heteroatoms. The van der Waals surface area contributed by atoms with Crippen molar-refractivity contribution in [2.75, 3.05) is 19.0 Å². The van der Waals surface area contributed by atoms with Crippen molar-refractivity contribution >= 4 is 40.4 Å². The third kappa shape index (κ3) is 4.98. The largest absolute Gasteiger partial charge is 0.384 e. The minimum Gasteiger partial charge on any atom is -0.384 e. The molecule has 160 valence electrons. The Morgan fingerprint density at radius 2 is 1.77 bits per heavy atom. The molecule has 1 heterocycles. The van der Waals surface area contributed by atoms with Gasteiger partial charge in [0.2, 0.25) is 0 Å². The molecule has 1 aliphatic carbocycles. The van der Waals surface area contributed by atoms with Gasteiger partial charge >= 0.3 is 0 Å². The van der Waals surface area contributed by atoms with Crippen molar-refractivity contribution in [3.8, 4) is 0 Å². The fraction of sp³-hybridized carbons (Fsp3) is 0.250. The number of nitrogens with one attached hydrogen (secondary N) is 2. The molecule has 2 amide bonds. The third-order valence-corrected chi connectivity index (χ3v) is 6.74. The van der Waals surface area contributed by atoms with Crippen LogP contribution in [0.2, 0.25) is 4.34 Å². The van der Waals surface area contributed by atoms with Crippen LogP contribution in [-0.4, -0.2) is 25.5 Å². The zero-order chi connectivity index (χ0) is 21.8. The second-order valence-electron chi connectivity index (χ2n) is 7.70. The minimum atomic E-state index is -0.836. The highest BCUT2D eigenvalue weighted by Crippen LogP contribution is 2.48. The van der Waals surface area contributed by atoms with Gasteiger partial charge in [0.1, 0.15) is 6.04 Å². The highest BCUT2D eigenvalue weighted by atomic mass is 35.5. The Kier molecular flexibility index (Phi) is 6.41. The zero-order valence-electron chi connectivity index (χ0n) is 17.1. The summed E-state index contributed by atoms with van der Waals surface area (Å²) in [5.41, 5.74) is 2.70. The number of carbonyl (C=O) groups excluding carboxylic acids is 2. The lowest BCUT2D eigenvalue weighted by molar-refractivity contribution is -0.118. The van der Waals surface area contributed by atoms with Crippen LogP contribution >= 0.6 is 22.9 Å². The summed E-state index contributed by atoms with van der Waals surface area (Å²) in [6.07, 6.45) is 2.22. The van der Waals surface area contributed by atoms with Gasteiger partial charge in [-0.15, -0.1) is 11.3 Å². The van der Waals surface area contributed by atoms with Crippen molar-refractivity contribution in [1.82, 2.24) is 5.32 Å². The predicted octanol–water partition coefficient (Wildman–Crippen LogP) is 5.19. The van der Waals surface area contributed by atoms with Crippen LogP contribution in [0.1, 0.15) is 39.7 Å². The fourth-order valence-electron chi connectivity index (χ4n) is 3.65. The molecule has 0 spiro atoms. The van der Waals surface area contributed by atoms with Crippen LogP contribution in [0, 0.1) is 0 Å². The lowest BCUT2D eigenvalue weighted by Gasteiger charge is -2.19. The van der Waals surface area contributed by atoms with Gasteiger partial charge in [-0.25, -0.2) is 0 Å². The second kappa shape index (κ2) is 9.22. The molecule has 1 aromatic heterocycles. The molecule has 1 saturated carbocycles. The van der Waals surface area contributed by atoms with E-state index in [1.807, 2.05) is 54.6 Å². The lowest BCUT2D eigenvalue weighted by atomic mass is 9.97. The van der Waals surface area contributed by atoms with Gasteiger partial charge < -0.3 is 15.4 Å². The summed E-state index contributed by atoms with van der Waals surface area (Å²) >= 11 is 7.12. The molecule has 5 nitrogen and oxygen atoms in total. The van der Waals surface area contributed by atoms with Crippen molar-refractivity contribution in [2.45, 2.75) is 24.3 Å². The molecule has 31 heavy (non-hydrogen) atoms. The molecule has 3 aromatic rings. The Morgan fingerprint density at radius 1 is 1.06 bits per heavy atom. The van der Waals surface area contributed by atoms with Gasteiger partial charge in [0.25, 0.3) is 11.8 Å². The number of amides is 2. The predicted molar refractivity (Wildman–Crippen MR) is 124 cm³/mol. The van der Waals surface area contributed by atoms with Gasteiger partial charge in [-0.05, 0) is 48.2 Å². The summed E-state index contributed by atoms with van der Waals surface area (Å²) in [6, 6.07) is 19.5. The van der Waals surface area contributed by atoms with Crippen LogP contribution in [0.5, 0.6) is 0 Å². The number of hydrogen-bond acceptors (Lipinski definition) is 4. The normalized spacial score (nSPS) is 15.2. The minimum absolute atomic E-state index is 0.111. The van der Waals surface area contributed by atoms with Gasteiger partial charge in [0.15, 0.2) is 0 Å². The van der Waals surface area contributed by atoms with Gasteiger partial charge in [0, 0.05) is 18.2 Å². The van der Waals surface area contributed by atoms with Crippen molar-refractivity contribution in [2.24, 2.45) is 0 Å². The maximum absolute atomic E-state index is 13.1.